The lowest BCUT2D eigenvalue weighted by atomic mass is 10.1. The van der Waals surface area contributed by atoms with Gasteiger partial charge in [0.15, 0.2) is 0 Å². The fourth-order valence-corrected chi connectivity index (χ4v) is 2.17. The number of carbonyl (C=O) groups is 2. The summed E-state index contributed by atoms with van der Waals surface area (Å²) in [6.45, 7) is 0. The minimum absolute atomic E-state index is 0.334. The summed E-state index contributed by atoms with van der Waals surface area (Å²) in [6, 6.07) is 15.4. The minimum atomic E-state index is -0.739. The van der Waals surface area contributed by atoms with Crippen LogP contribution in [0.4, 0.5) is 0 Å². The highest BCUT2D eigenvalue weighted by atomic mass is 16.5. The number of hydrogen-bond donors (Lipinski definition) is 1. The maximum Gasteiger partial charge on any atom is 0.328 e. The van der Waals surface area contributed by atoms with Gasteiger partial charge in [-0.05, 0) is 29.8 Å². The van der Waals surface area contributed by atoms with E-state index in [0.717, 1.165) is 5.56 Å². The Kier molecular flexibility index (Phi) is 5.74. The molecule has 0 bridgehead atoms. The van der Waals surface area contributed by atoms with Crippen LogP contribution in [0.25, 0.3) is 0 Å². The van der Waals surface area contributed by atoms with Crippen LogP contribution >= 0.6 is 0 Å². The summed E-state index contributed by atoms with van der Waals surface area (Å²) < 4.78 is 9.84. The molecule has 0 radical (unpaired) electrons. The van der Waals surface area contributed by atoms with Gasteiger partial charge in [-0.15, -0.1) is 0 Å². The standard InChI is InChI=1S/C18H19NO4/c1-22-15-10-8-14(9-11-15)17(20)19-16(18(21)23-2)12-13-6-4-3-5-7-13/h3-11,16H,12H2,1-2H3,(H,19,20)/t16-/m1/s1. The molecule has 0 saturated carbocycles. The quantitative estimate of drug-likeness (QED) is 0.831. The monoisotopic (exact) mass is 313 g/mol. The van der Waals surface area contributed by atoms with Gasteiger partial charge < -0.3 is 14.8 Å². The Balaban J connectivity index is 2.10. The highest BCUT2D eigenvalue weighted by Crippen LogP contribution is 2.12. The Morgan fingerprint density at radius 1 is 1.00 bits per heavy atom. The van der Waals surface area contributed by atoms with Crippen molar-refractivity contribution >= 4 is 11.9 Å². The molecule has 0 aromatic heterocycles. The molecule has 1 amide bonds. The molecule has 1 N–H and O–H groups in total. The van der Waals surface area contributed by atoms with Gasteiger partial charge in [0.25, 0.3) is 5.91 Å². The van der Waals surface area contributed by atoms with Crippen LogP contribution in [0, 0.1) is 0 Å². The van der Waals surface area contributed by atoms with Crippen LogP contribution in [0.5, 0.6) is 5.75 Å². The Morgan fingerprint density at radius 2 is 1.65 bits per heavy atom. The minimum Gasteiger partial charge on any atom is -0.497 e. The molecule has 1 atom stereocenters. The van der Waals surface area contributed by atoms with Crippen molar-refractivity contribution in [2.24, 2.45) is 0 Å². The van der Waals surface area contributed by atoms with E-state index in [4.69, 9.17) is 9.47 Å². The van der Waals surface area contributed by atoms with E-state index < -0.39 is 12.0 Å². The Morgan fingerprint density at radius 3 is 2.22 bits per heavy atom. The summed E-state index contributed by atoms with van der Waals surface area (Å²) in [5.74, 6) is -0.148. The molecule has 2 rings (SSSR count). The van der Waals surface area contributed by atoms with Crippen LogP contribution in [0.15, 0.2) is 54.6 Å². The summed E-state index contributed by atoms with van der Waals surface area (Å²) >= 11 is 0. The summed E-state index contributed by atoms with van der Waals surface area (Å²) in [6.07, 6.45) is 0.370. The van der Waals surface area contributed by atoms with Crippen molar-refractivity contribution in [3.05, 3.63) is 65.7 Å². The van der Waals surface area contributed by atoms with Crippen LogP contribution < -0.4 is 10.1 Å². The molecule has 0 aliphatic rings. The Labute approximate surface area is 135 Å². The topological polar surface area (TPSA) is 64.6 Å². The van der Waals surface area contributed by atoms with Crippen molar-refractivity contribution in [3.8, 4) is 5.75 Å². The van der Waals surface area contributed by atoms with Gasteiger partial charge in [-0.25, -0.2) is 4.79 Å². The molecule has 0 unspecified atom stereocenters. The predicted molar refractivity (Wildman–Crippen MR) is 86.4 cm³/mol. The molecule has 0 heterocycles. The molecule has 120 valence electrons. The Hall–Kier alpha value is -2.82. The zero-order valence-electron chi connectivity index (χ0n) is 13.1. The second-order valence-electron chi connectivity index (χ2n) is 4.97. The zero-order valence-corrected chi connectivity index (χ0v) is 13.1. The average molecular weight is 313 g/mol. The average Bonchev–Trinajstić information content (AvgIpc) is 2.61. The predicted octanol–water partition coefficient (Wildman–Crippen LogP) is 2.21. The lowest BCUT2D eigenvalue weighted by molar-refractivity contribution is -0.142. The van der Waals surface area contributed by atoms with Gasteiger partial charge >= 0.3 is 5.97 Å². The van der Waals surface area contributed by atoms with Gasteiger partial charge in [0.2, 0.25) is 0 Å². The van der Waals surface area contributed by atoms with Crippen LogP contribution in [0.2, 0.25) is 0 Å². The van der Waals surface area contributed by atoms with E-state index in [1.165, 1.54) is 7.11 Å². The molecule has 0 aliphatic heterocycles. The molecule has 0 fully saturated rings. The SMILES string of the molecule is COC(=O)[C@@H](Cc1ccccc1)NC(=O)c1ccc(OC)cc1. The number of amides is 1. The second kappa shape index (κ2) is 7.98. The lowest BCUT2D eigenvalue weighted by Gasteiger charge is -2.16. The van der Waals surface area contributed by atoms with E-state index in [1.807, 2.05) is 30.3 Å². The van der Waals surface area contributed by atoms with Crippen LogP contribution in [0.3, 0.4) is 0 Å². The number of ether oxygens (including phenoxy) is 2. The van der Waals surface area contributed by atoms with Crippen molar-refractivity contribution in [3.63, 3.8) is 0 Å². The van der Waals surface area contributed by atoms with Crippen molar-refractivity contribution < 1.29 is 19.1 Å². The third-order valence-electron chi connectivity index (χ3n) is 3.43. The van der Waals surface area contributed by atoms with Crippen LogP contribution in [-0.2, 0) is 16.0 Å². The van der Waals surface area contributed by atoms with Crippen molar-refractivity contribution in [1.82, 2.24) is 5.32 Å². The molecule has 0 spiro atoms. The number of rotatable bonds is 6. The number of benzene rings is 2. The smallest absolute Gasteiger partial charge is 0.328 e. The maximum atomic E-state index is 12.3. The normalized spacial score (nSPS) is 11.4. The second-order valence-corrected chi connectivity index (χ2v) is 4.97. The van der Waals surface area contributed by atoms with Gasteiger partial charge in [-0.3, -0.25) is 4.79 Å². The fourth-order valence-electron chi connectivity index (χ4n) is 2.17. The maximum absolute atomic E-state index is 12.3. The van der Waals surface area contributed by atoms with E-state index in [0.29, 0.717) is 17.7 Å². The summed E-state index contributed by atoms with van der Waals surface area (Å²) in [5, 5.41) is 2.72. The van der Waals surface area contributed by atoms with Gasteiger partial charge in [-0.1, -0.05) is 30.3 Å². The third-order valence-corrected chi connectivity index (χ3v) is 3.43. The molecule has 5 nitrogen and oxygen atoms in total. The van der Waals surface area contributed by atoms with Gasteiger partial charge in [-0.2, -0.15) is 0 Å². The molecule has 2 aromatic rings. The molecular weight excluding hydrogens is 294 g/mol. The van der Waals surface area contributed by atoms with Crippen molar-refractivity contribution in [2.75, 3.05) is 14.2 Å². The molecule has 5 heteroatoms. The molecule has 0 aliphatic carbocycles. The molecule has 23 heavy (non-hydrogen) atoms. The lowest BCUT2D eigenvalue weighted by Crippen LogP contribution is -2.43. The van der Waals surface area contributed by atoms with E-state index >= 15 is 0 Å². The fraction of sp³-hybridized carbons (Fsp3) is 0.222. The summed E-state index contributed by atoms with van der Waals surface area (Å²) in [5.41, 5.74) is 1.39. The number of nitrogens with one attached hydrogen (secondary N) is 1. The highest BCUT2D eigenvalue weighted by molar-refractivity contribution is 5.96. The van der Waals surface area contributed by atoms with E-state index in [2.05, 4.69) is 5.32 Å². The molecule has 2 aromatic carbocycles. The first-order valence-corrected chi connectivity index (χ1v) is 7.20. The van der Waals surface area contributed by atoms with E-state index in [-0.39, 0.29) is 5.91 Å². The largest absolute Gasteiger partial charge is 0.497 e. The zero-order chi connectivity index (χ0) is 16.7. The number of carbonyl (C=O) groups excluding carboxylic acids is 2. The third kappa shape index (κ3) is 4.57. The summed E-state index contributed by atoms with van der Waals surface area (Å²) in [7, 11) is 2.86. The molecule has 0 saturated heterocycles. The number of hydrogen-bond acceptors (Lipinski definition) is 4. The molecular formula is C18H19NO4. The van der Waals surface area contributed by atoms with E-state index in [9.17, 15) is 9.59 Å². The first-order chi connectivity index (χ1) is 11.1. The number of esters is 1. The van der Waals surface area contributed by atoms with Gasteiger partial charge in [0.05, 0.1) is 14.2 Å². The first-order valence-electron chi connectivity index (χ1n) is 7.20. The highest BCUT2D eigenvalue weighted by Gasteiger charge is 2.22. The van der Waals surface area contributed by atoms with Gasteiger partial charge in [0.1, 0.15) is 11.8 Å². The van der Waals surface area contributed by atoms with Gasteiger partial charge in [0, 0.05) is 12.0 Å². The number of methoxy groups -OCH3 is 2. The Bertz CT molecular complexity index is 652. The van der Waals surface area contributed by atoms with E-state index in [1.54, 1.807) is 31.4 Å². The first kappa shape index (κ1) is 16.5. The van der Waals surface area contributed by atoms with Crippen LogP contribution in [0.1, 0.15) is 15.9 Å². The van der Waals surface area contributed by atoms with Crippen molar-refractivity contribution in [1.29, 1.82) is 0 Å². The summed E-state index contributed by atoms with van der Waals surface area (Å²) in [4.78, 5) is 24.2. The van der Waals surface area contributed by atoms with Crippen LogP contribution in [-0.4, -0.2) is 32.1 Å². The van der Waals surface area contributed by atoms with Crippen molar-refractivity contribution in [2.45, 2.75) is 12.5 Å².